The second-order valence-electron chi connectivity index (χ2n) is 3.03. The van der Waals surface area contributed by atoms with Gasteiger partial charge in [0.05, 0.1) is 12.7 Å². The quantitative estimate of drug-likeness (QED) is 0.553. The lowest BCUT2D eigenvalue weighted by Crippen LogP contribution is -2.38. The van der Waals surface area contributed by atoms with Crippen LogP contribution in [-0.2, 0) is 4.74 Å². The number of morpholine rings is 1. The van der Waals surface area contributed by atoms with Crippen LogP contribution >= 0.6 is 11.6 Å². The molecule has 58 valence electrons. The predicted molar refractivity (Wildman–Crippen MR) is 40.4 cm³/mol. The molecule has 2 fully saturated rings. The van der Waals surface area contributed by atoms with Gasteiger partial charge >= 0.3 is 0 Å². The molecule has 2 heterocycles. The highest BCUT2D eigenvalue weighted by Crippen LogP contribution is 2.26. The van der Waals surface area contributed by atoms with Gasteiger partial charge in [0.25, 0.3) is 0 Å². The van der Waals surface area contributed by atoms with Crippen LogP contribution in [0.5, 0.6) is 0 Å². The maximum atomic E-state index is 5.64. The minimum absolute atomic E-state index is 0.521. The second-order valence-corrected chi connectivity index (χ2v) is 3.41. The summed E-state index contributed by atoms with van der Waals surface area (Å²) < 4.78 is 5.44. The molecular formula is C7H12ClNO. The van der Waals surface area contributed by atoms with Crippen molar-refractivity contribution in [2.75, 3.05) is 25.6 Å². The summed E-state index contributed by atoms with van der Waals surface area (Å²) in [5, 5.41) is 0. The van der Waals surface area contributed by atoms with Gasteiger partial charge in [0.1, 0.15) is 0 Å². The third kappa shape index (κ3) is 1.04. The van der Waals surface area contributed by atoms with Crippen molar-refractivity contribution in [3.63, 3.8) is 0 Å². The van der Waals surface area contributed by atoms with Crippen LogP contribution in [0.1, 0.15) is 6.42 Å². The van der Waals surface area contributed by atoms with Gasteiger partial charge in [0.2, 0.25) is 0 Å². The van der Waals surface area contributed by atoms with Gasteiger partial charge in [-0.2, -0.15) is 0 Å². The molecular weight excluding hydrogens is 150 g/mol. The lowest BCUT2D eigenvalue weighted by Gasteiger charge is -2.25. The first-order valence-electron chi connectivity index (χ1n) is 3.82. The SMILES string of the molecule is ClCCN1CC2CC1CO2. The summed E-state index contributed by atoms with van der Waals surface area (Å²) in [4.78, 5) is 2.43. The molecule has 0 amide bonds. The smallest absolute Gasteiger partial charge is 0.0718 e. The molecule has 0 radical (unpaired) electrons. The third-order valence-corrected chi connectivity index (χ3v) is 2.55. The van der Waals surface area contributed by atoms with Gasteiger partial charge in [-0.15, -0.1) is 11.6 Å². The summed E-state index contributed by atoms with van der Waals surface area (Å²) in [5.74, 6) is 0.753. The zero-order chi connectivity index (χ0) is 6.97. The number of nitrogens with zero attached hydrogens (tertiary/aromatic N) is 1. The molecule has 0 spiro atoms. The third-order valence-electron chi connectivity index (χ3n) is 2.39. The highest BCUT2D eigenvalue weighted by atomic mass is 35.5. The molecule has 2 nitrogen and oxygen atoms in total. The highest BCUT2D eigenvalue weighted by Gasteiger charge is 2.38. The normalized spacial score (nSPS) is 39.3. The summed E-state index contributed by atoms with van der Waals surface area (Å²) in [7, 11) is 0. The van der Waals surface area contributed by atoms with E-state index in [1.807, 2.05) is 0 Å². The van der Waals surface area contributed by atoms with Crippen LogP contribution in [0, 0.1) is 0 Å². The van der Waals surface area contributed by atoms with Gasteiger partial charge in [0.15, 0.2) is 0 Å². The van der Waals surface area contributed by atoms with E-state index in [1.165, 1.54) is 6.42 Å². The van der Waals surface area contributed by atoms with E-state index >= 15 is 0 Å². The lowest BCUT2D eigenvalue weighted by molar-refractivity contribution is 0.0333. The van der Waals surface area contributed by atoms with Gasteiger partial charge in [0, 0.05) is 25.0 Å². The van der Waals surface area contributed by atoms with E-state index in [1.54, 1.807) is 0 Å². The van der Waals surface area contributed by atoms with Crippen LogP contribution in [0.2, 0.25) is 0 Å². The fourth-order valence-corrected chi connectivity index (χ4v) is 2.08. The van der Waals surface area contributed by atoms with Crippen molar-refractivity contribution in [3.8, 4) is 0 Å². The molecule has 0 aliphatic carbocycles. The summed E-state index contributed by atoms with van der Waals surface area (Å²) in [6.07, 6.45) is 1.75. The van der Waals surface area contributed by atoms with Crippen LogP contribution in [-0.4, -0.2) is 42.6 Å². The maximum absolute atomic E-state index is 5.64. The molecule has 0 aromatic heterocycles. The molecule has 3 heteroatoms. The van der Waals surface area contributed by atoms with E-state index in [0.29, 0.717) is 12.1 Å². The molecule has 0 aromatic rings. The van der Waals surface area contributed by atoms with E-state index in [4.69, 9.17) is 16.3 Å². The average molecular weight is 162 g/mol. The molecule has 2 bridgehead atoms. The van der Waals surface area contributed by atoms with Crippen LogP contribution in [0.25, 0.3) is 0 Å². The number of alkyl halides is 1. The fraction of sp³-hybridized carbons (Fsp3) is 1.00. The van der Waals surface area contributed by atoms with E-state index in [2.05, 4.69) is 4.90 Å². The molecule has 0 N–H and O–H groups in total. The number of fused-ring (bicyclic) bond motifs is 2. The Morgan fingerprint density at radius 2 is 2.50 bits per heavy atom. The van der Waals surface area contributed by atoms with Crippen LogP contribution in [0.15, 0.2) is 0 Å². The number of hydrogen-bond donors (Lipinski definition) is 0. The Morgan fingerprint density at radius 3 is 3.00 bits per heavy atom. The highest BCUT2D eigenvalue weighted by molar-refractivity contribution is 6.18. The van der Waals surface area contributed by atoms with E-state index in [0.717, 1.165) is 25.6 Å². The molecule has 10 heavy (non-hydrogen) atoms. The largest absolute Gasteiger partial charge is 0.375 e. The Hall–Kier alpha value is 0.210. The molecule has 2 unspecified atom stereocenters. The first-order chi connectivity index (χ1) is 4.90. The summed E-state index contributed by atoms with van der Waals surface area (Å²) in [6, 6.07) is 0.684. The topological polar surface area (TPSA) is 12.5 Å². The number of likely N-dealkylation sites (tertiary alicyclic amines) is 1. The Balaban J connectivity index is 1.90. The number of halogens is 1. The van der Waals surface area contributed by atoms with Crippen LogP contribution in [0.3, 0.4) is 0 Å². The molecule has 2 aliphatic heterocycles. The standard InChI is InChI=1S/C7H12ClNO/c8-1-2-9-4-7-3-6(9)5-10-7/h6-7H,1-5H2. The Morgan fingerprint density at radius 1 is 1.60 bits per heavy atom. The van der Waals surface area contributed by atoms with Crippen LogP contribution in [0.4, 0.5) is 0 Å². The van der Waals surface area contributed by atoms with E-state index in [-0.39, 0.29) is 0 Å². The summed E-state index contributed by atoms with van der Waals surface area (Å²) >= 11 is 5.64. The molecule has 2 atom stereocenters. The van der Waals surface area contributed by atoms with Crippen molar-refractivity contribution in [1.82, 2.24) is 4.90 Å². The number of rotatable bonds is 2. The number of ether oxygens (including phenoxy) is 1. The van der Waals surface area contributed by atoms with Crippen molar-refractivity contribution in [3.05, 3.63) is 0 Å². The average Bonchev–Trinajstić information content (AvgIpc) is 2.48. The van der Waals surface area contributed by atoms with E-state index in [9.17, 15) is 0 Å². The molecule has 2 aliphatic rings. The molecule has 2 rings (SSSR count). The van der Waals surface area contributed by atoms with Crippen molar-refractivity contribution >= 4 is 11.6 Å². The van der Waals surface area contributed by atoms with Crippen molar-refractivity contribution in [2.24, 2.45) is 0 Å². The zero-order valence-electron chi connectivity index (χ0n) is 5.92. The van der Waals surface area contributed by atoms with Gasteiger partial charge in [-0.05, 0) is 6.42 Å². The first kappa shape index (κ1) is 6.89. The predicted octanol–water partition coefficient (Wildman–Crippen LogP) is 0.698. The Labute approximate surface area is 66.1 Å². The van der Waals surface area contributed by atoms with Crippen molar-refractivity contribution in [1.29, 1.82) is 0 Å². The van der Waals surface area contributed by atoms with E-state index < -0.39 is 0 Å². The van der Waals surface area contributed by atoms with Crippen molar-refractivity contribution < 1.29 is 4.74 Å². The number of hydrogen-bond acceptors (Lipinski definition) is 2. The molecule has 2 saturated heterocycles. The Bertz CT molecular complexity index is 131. The van der Waals surface area contributed by atoms with Gasteiger partial charge in [-0.3, -0.25) is 4.90 Å². The van der Waals surface area contributed by atoms with Gasteiger partial charge in [-0.1, -0.05) is 0 Å². The van der Waals surface area contributed by atoms with Gasteiger partial charge < -0.3 is 4.74 Å². The minimum atomic E-state index is 0.521. The minimum Gasteiger partial charge on any atom is -0.375 e. The maximum Gasteiger partial charge on any atom is 0.0718 e. The lowest BCUT2D eigenvalue weighted by atomic mass is 10.2. The zero-order valence-corrected chi connectivity index (χ0v) is 6.68. The fourth-order valence-electron chi connectivity index (χ4n) is 1.86. The summed E-state index contributed by atoms with van der Waals surface area (Å²) in [6.45, 7) is 3.07. The second kappa shape index (κ2) is 2.68. The Kier molecular flexibility index (Phi) is 1.85. The van der Waals surface area contributed by atoms with Crippen molar-refractivity contribution in [2.45, 2.75) is 18.6 Å². The molecule has 0 aromatic carbocycles. The first-order valence-corrected chi connectivity index (χ1v) is 4.35. The van der Waals surface area contributed by atoms with Crippen LogP contribution < -0.4 is 0 Å². The summed E-state index contributed by atoms with van der Waals surface area (Å²) in [5.41, 5.74) is 0. The monoisotopic (exact) mass is 161 g/mol. The molecule has 0 saturated carbocycles. The van der Waals surface area contributed by atoms with Gasteiger partial charge in [-0.25, -0.2) is 0 Å².